The zero-order valence-corrected chi connectivity index (χ0v) is 14.0. The summed E-state index contributed by atoms with van der Waals surface area (Å²) in [5, 5.41) is 3.31. The van der Waals surface area contributed by atoms with Crippen molar-refractivity contribution in [2.75, 3.05) is 13.7 Å². The molecule has 21 heavy (non-hydrogen) atoms. The minimum Gasteiger partial charge on any atom is -0.497 e. The van der Waals surface area contributed by atoms with E-state index in [-0.39, 0.29) is 24.2 Å². The van der Waals surface area contributed by atoms with Gasteiger partial charge in [0.2, 0.25) is 10.0 Å². The number of nitrogens with one attached hydrogen (secondary N) is 2. The molecule has 0 aromatic heterocycles. The van der Waals surface area contributed by atoms with E-state index < -0.39 is 10.0 Å². The van der Waals surface area contributed by atoms with Gasteiger partial charge in [0.25, 0.3) is 0 Å². The first kappa shape index (κ1) is 18.2. The molecular weight excluding hydrogens is 312 g/mol. The van der Waals surface area contributed by atoms with Crippen LogP contribution >= 0.6 is 12.4 Å². The molecule has 120 valence electrons. The molecule has 2 N–H and O–H groups in total. The van der Waals surface area contributed by atoms with Gasteiger partial charge in [-0.1, -0.05) is 12.1 Å². The van der Waals surface area contributed by atoms with Crippen molar-refractivity contribution in [1.82, 2.24) is 10.0 Å². The van der Waals surface area contributed by atoms with Crippen LogP contribution in [0.3, 0.4) is 0 Å². The van der Waals surface area contributed by atoms with Gasteiger partial charge in [-0.3, -0.25) is 0 Å². The number of piperidine rings is 1. The minimum absolute atomic E-state index is 0. The quantitative estimate of drug-likeness (QED) is 0.859. The number of hydrogen-bond acceptors (Lipinski definition) is 4. The van der Waals surface area contributed by atoms with E-state index in [4.69, 9.17) is 4.74 Å². The molecule has 2 unspecified atom stereocenters. The van der Waals surface area contributed by atoms with Crippen LogP contribution in [0.5, 0.6) is 5.75 Å². The summed E-state index contributed by atoms with van der Waals surface area (Å²) in [6.45, 7) is 2.93. The van der Waals surface area contributed by atoms with Crippen molar-refractivity contribution in [3.63, 3.8) is 0 Å². The summed E-state index contributed by atoms with van der Waals surface area (Å²) < 4.78 is 32.3. The van der Waals surface area contributed by atoms with Gasteiger partial charge in [-0.05, 0) is 44.0 Å². The Bertz CT molecular complexity index is 551. The molecule has 0 spiro atoms. The van der Waals surface area contributed by atoms with Crippen molar-refractivity contribution < 1.29 is 13.2 Å². The molecule has 0 saturated carbocycles. The topological polar surface area (TPSA) is 67.4 Å². The van der Waals surface area contributed by atoms with Crippen LogP contribution in [-0.4, -0.2) is 34.2 Å². The fraction of sp³-hybridized carbons (Fsp3) is 0.571. The lowest BCUT2D eigenvalue weighted by Gasteiger charge is -2.28. The Hall–Kier alpha value is -0.820. The molecule has 0 bridgehead atoms. The third-order valence-corrected chi connectivity index (χ3v) is 4.87. The Morgan fingerprint density at radius 3 is 2.86 bits per heavy atom. The number of halogens is 1. The van der Waals surface area contributed by atoms with Gasteiger partial charge in [-0.15, -0.1) is 12.4 Å². The van der Waals surface area contributed by atoms with E-state index in [9.17, 15) is 8.42 Å². The lowest BCUT2D eigenvalue weighted by Crippen LogP contribution is -2.46. The predicted octanol–water partition coefficient (Wildman–Crippen LogP) is 1.68. The van der Waals surface area contributed by atoms with Gasteiger partial charge in [-0.2, -0.15) is 0 Å². The van der Waals surface area contributed by atoms with Crippen molar-refractivity contribution in [2.45, 2.75) is 37.6 Å². The minimum atomic E-state index is -3.32. The number of rotatable bonds is 5. The summed E-state index contributed by atoms with van der Waals surface area (Å²) in [6.07, 6.45) is 1.67. The van der Waals surface area contributed by atoms with Crippen molar-refractivity contribution >= 4 is 22.4 Å². The SMILES string of the molecule is COc1cccc(CS(=O)(=O)NC2CCNC(C)C2)c1.Cl. The van der Waals surface area contributed by atoms with Crippen LogP contribution < -0.4 is 14.8 Å². The zero-order chi connectivity index (χ0) is 14.6. The van der Waals surface area contributed by atoms with Crippen LogP contribution in [0.2, 0.25) is 0 Å². The standard InChI is InChI=1S/C14H22N2O3S.ClH/c1-11-8-13(6-7-15-11)16-20(17,18)10-12-4-3-5-14(9-12)19-2;/h3-5,9,11,13,15-16H,6-8,10H2,1-2H3;1H. The van der Waals surface area contributed by atoms with Crippen LogP contribution in [0.1, 0.15) is 25.3 Å². The molecule has 1 fully saturated rings. The predicted molar refractivity (Wildman–Crippen MR) is 86.5 cm³/mol. The van der Waals surface area contributed by atoms with Crippen LogP contribution in [0.4, 0.5) is 0 Å². The summed E-state index contributed by atoms with van der Waals surface area (Å²) in [6, 6.07) is 7.54. The Labute approximate surface area is 132 Å². The lowest BCUT2D eigenvalue weighted by molar-refractivity contribution is 0.361. The molecule has 5 nitrogen and oxygen atoms in total. The first-order chi connectivity index (χ1) is 9.48. The average molecular weight is 335 g/mol. The lowest BCUT2D eigenvalue weighted by atomic mass is 10.0. The monoisotopic (exact) mass is 334 g/mol. The molecule has 1 aliphatic heterocycles. The Balaban J connectivity index is 0.00000220. The molecule has 1 heterocycles. The highest BCUT2D eigenvalue weighted by molar-refractivity contribution is 7.88. The van der Waals surface area contributed by atoms with E-state index in [0.29, 0.717) is 11.8 Å². The molecule has 2 atom stereocenters. The van der Waals surface area contributed by atoms with Crippen LogP contribution in [0.25, 0.3) is 0 Å². The molecule has 0 amide bonds. The maximum atomic E-state index is 12.2. The number of ether oxygens (including phenoxy) is 1. The second-order valence-electron chi connectivity index (χ2n) is 5.30. The Morgan fingerprint density at radius 2 is 2.19 bits per heavy atom. The van der Waals surface area contributed by atoms with E-state index in [2.05, 4.69) is 17.0 Å². The van der Waals surface area contributed by atoms with Gasteiger partial charge < -0.3 is 10.1 Å². The van der Waals surface area contributed by atoms with E-state index in [1.165, 1.54) is 0 Å². The molecule has 1 aliphatic rings. The van der Waals surface area contributed by atoms with Gasteiger partial charge in [0.05, 0.1) is 12.9 Å². The smallest absolute Gasteiger partial charge is 0.216 e. The van der Waals surface area contributed by atoms with Gasteiger partial charge in [0, 0.05) is 12.1 Å². The molecule has 0 radical (unpaired) electrons. The highest BCUT2D eigenvalue weighted by Gasteiger charge is 2.23. The first-order valence-electron chi connectivity index (χ1n) is 6.85. The summed E-state index contributed by atoms with van der Waals surface area (Å²) in [5.41, 5.74) is 0.735. The summed E-state index contributed by atoms with van der Waals surface area (Å²) in [4.78, 5) is 0. The van der Waals surface area contributed by atoms with E-state index in [0.717, 1.165) is 24.9 Å². The maximum Gasteiger partial charge on any atom is 0.216 e. The van der Waals surface area contributed by atoms with Gasteiger partial charge in [-0.25, -0.2) is 13.1 Å². The summed E-state index contributed by atoms with van der Waals surface area (Å²) >= 11 is 0. The number of benzene rings is 1. The van der Waals surface area contributed by atoms with Crippen molar-refractivity contribution in [3.05, 3.63) is 29.8 Å². The fourth-order valence-electron chi connectivity index (χ4n) is 2.52. The highest BCUT2D eigenvalue weighted by Crippen LogP contribution is 2.16. The third kappa shape index (κ3) is 5.82. The second-order valence-corrected chi connectivity index (χ2v) is 7.06. The van der Waals surface area contributed by atoms with Gasteiger partial charge in [0.15, 0.2) is 0 Å². The van der Waals surface area contributed by atoms with Crippen LogP contribution in [0, 0.1) is 0 Å². The molecule has 1 aromatic carbocycles. The molecule has 2 rings (SSSR count). The molecule has 0 aliphatic carbocycles. The van der Waals surface area contributed by atoms with Gasteiger partial charge >= 0.3 is 0 Å². The normalized spacial score (nSPS) is 22.4. The molecule has 7 heteroatoms. The third-order valence-electron chi connectivity index (χ3n) is 3.46. The van der Waals surface area contributed by atoms with Gasteiger partial charge in [0.1, 0.15) is 5.75 Å². The number of methoxy groups -OCH3 is 1. The van der Waals surface area contributed by atoms with Crippen LogP contribution in [0.15, 0.2) is 24.3 Å². The van der Waals surface area contributed by atoms with E-state index >= 15 is 0 Å². The largest absolute Gasteiger partial charge is 0.497 e. The number of sulfonamides is 1. The van der Waals surface area contributed by atoms with E-state index in [1.54, 1.807) is 31.4 Å². The summed E-state index contributed by atoms with van der Waals surface area (Å²) in [7, 11) is -1.74. The molecule has 1 aromatic rings. The Morgan fingerprint density at radius 1 is 1.43 bits per heavy atom. The maximum absolute atomic E-state index is 12.2. The zero-order valence-electron chi connectivity index (χ0n) is 12.3. The van der Waals surface area contributed by atoms with Crippen molar-refractivity contribution in [1.29, 1.82) is 0 Å². The highest BCUT2D eigenvalue weighted by atomic mass is 35.5. The fourth-order valence-corrected chi connectivity index (χ4v) is 3.94. The first-order valence-corrected chi connectivity index (χ1v) is 8.50. The summed E-state index contributed by atoms with van der Waals surface area (Å²) in [5.74, 6) is 0.663. The molecule has 1 saturated heterocycles. The molecular formula is C14H23ClN2O3S. The van der Waals surface area contributed by atoms with Crippen LogP contribution in [-0.2, 0) is 15.8 Å². The number of hydrogen-bond donors (Lipinski definition) is 2. The van der Waals surface area contributed by atoms with E-state index in [1.807, 2.05) is 0 Å². The van der Waals surface area contributed by atoms with Crippen molar-refractivity contribution in [2.24, 2.45) is 0 Å². The second kappa shape index (κ2) is 7.98. The Kier molecular flexibility index (Phi) is 6.93. The van der Waals surface area contributed by atoms with Crippen molar-refractivity contribution in [3.8, 4) is 5.75 Å². The average Bonchev–Trinajstić information content (AvgIpc) is 2.37.